The third-order valence-electron chi connectivity index (χ3n) is 5.96. The molecule has 2 aromatic carbocycles. The summed E-state index contributed by atoms with van der Waals surface area (Å²) in [4.78, 5) is 27.6. The Hall–Kier alpha value is -3.32. The van der Waals surface area contributed by atoms with E-state index in [1.54, 1.807) is 19.2 Å². The van der Waals surface area contributed by atoms with Gasteiger partial charge in [0.05, 0.1) is 18.2 Å². The highest BCUT2D eigenvalue weighted by Gasteiger charge is 2.45. The van der Waals surface area contributed by atoms with Gasteiger partial charge < -0.3 is 24.2 Å². The Morgan fingerprint density at radius 3 is 2.64 bits per heavy atom. The Bertz CT molecular complexity index is 1070. The maximum Gasteiger partial charge on any atom is 0.295 e. The van der Waals surface area contributed by atoms with Crippen molar-refractivity contribution >= 4 is 17.4 Å². The third kappa shape index (κ3) is 4.46. The monoisotopic (exact) mass is 451 g/mol. The number of ketones is 1. The highest BCUT2D eigenvalue weighted by Crippen LogP contribution is 2.41. The fourth-order valence-corrected chi connectivity index (χ4v) is 4.47. The van der Waals surface area contributed by atoms with Crippen LogP contribution >= 0.6 is 0 Å². The van der Waals surface area contributed by atoms with Crippen molar-refractivity contribution in [1.82, 2.24) is 4.90 Å². The van der Waals surface area contributed by atoms with Crippen molar-refractivity contribution in [2.45, 2.75) is 38.8 Å². The van der Waals surface area contributed by atoms with Crippen LogP contribution in [0.5, 0.6) is 11.5 Å². The Kier molecular flexibility index (Phi) is 6.70. The van der Waals surface area contributed by atoms with Gasteiger partial charge in [-0.15, -0.1) is 0 Å². The predicted octanol–water partition coefficient (Wildman–Crippen LogP) is 3.87. The number of amides is 1. The van der Waals surface area contributed by atoms with Gasteiger partial charge in [0.15, 0.2) is 0 Å². The number of hydrogen-bond donors (Lipinski definition) is 1. The zero-order chi connectivity index (χ0) is 23.5. The van der Waals surface area contributed by atoms with Gasteiger partial charge in [-0.2, -0.15) is 0 Å². The van der Waals surface area contributed by atoms with Gasteiger partial charge in [-0.25, -0.2) is 0 Å². The molecule has 1 N–H and O–H groups in total. The van der Waals surface area contributed by atoms with Crippen LogP contribution < -0.4 is 9.47 Å². The van der Waals surface area contributed by atoms with Crippen molar-refractivity contribution in [3.8, 4) is 11.5 Å². The van der Waals surface area contributed by atoms with E-state index in [-0.39, 0.29) is 17.4 Å². The second kappa shape index (κ2) is 9.67. The number of carbonyl (C=O) groups is 2. The number of methoxy groups -OCH3 is 1. The summed E-state index contributed by atoms with van der Waals surface area (Å²) in [6.07, 6.45) is 1.36. The van der Waals surface area contributed by atoms with Gasteiger partial charge in [0.2, 0.25) is 0 Å². The molecule has 0 bridgehead atoms. The van der Waals surface area contributed by atoms with Gasteiger partial charge in [0.25, 0.3) is 11.7 Å². The van der Waals surface area contributed by atoms with E-state index < -0.39 is 17.7 Å². The molecule has 0 aliphatic carbocycles. The van der Waals surface area contributed by atoms with E-state index in [2.05, 4.69) is 0 Å². The lowest BCUT2D eigenvalue weighted by Gasteiger charge is -2.25. The molecule has 0 saturated carbocycles. The highest BCUT2D eigenvalue weighted by atomic mass is 16.5. The molecule has 1 fully saturated rings. The van der Waals surface area contributed by atoms with Crippen molar-refractivity contribution in [1.29, 1.82) is 0 Å². The standard InChI is InChI=1S/C26H29NO6/c1-4-32-20-9-6-17(7-10-20)23-22(25(29)26(30)27(23)12-5-13-31-3)24(28)18-8-11-21-19(15-18)14-16(2)33-21/h6-11,15-16,23,28H,4-5,12-14H2,1-3H3/b24-22+. The number of fused-ring (bicyclic) bond motifs is 1. The number of likely N-dealkylation sites (tertiary alicyclic amines) is 1. The molecule has 2 heterocycles. The van der Waals surface area contributed by atoms with Crippen molar-refractivity contribution in [3.05, 3.63) is 64.7 Å². The van der Waals surface area contributed by atoms with E-state index in [9.17, 15) is 14.7 Å². The number of carbonyl (C=O) groups excluding carboxylic acids is 2. The molecule has 4 rings (SSSR count). The van der Waals surface area contributed by atoms with Crippen molar-refractivity contribution < 1.29 is 28.9 Å². The Balaban J connectivity index is 1.77. The lowest BCUT2D eigenvalue weighted by Crippen LogP contribution is -2.31. The number of aliphatic hydroxyl groups excluding tert-OH is 1. The van der Waals surface area contributed by atoms with Gasteiger partial charge in [0, 0.05) is 32.2 Å². The first-order chi connectivity index (χ1) is 15.9. The molecule has 2 unspecified atom stereocenters. The number of benzene rings is 2. The van der Waals surface area contributed by atoms with Crippen LogP contribution in [0.3, 0.4) is 0 Å². The molecule has 1 amide bonds. The highest BCUT2D eigenvalue weighted by molar-refractivity contribution is 6.46. The average molecular weight is 452 g/mol. The summed E-state index contributed by atoms with van der Waals surface area (Å²) in [6.45, 7) is 5.22. The SMILES string of the molecule is CCOc1ccc(C2/C(=C(\O)c3ccc4c(c3)CC(C)O4)C(=O)C(=O)N2CCCOC)cc1. The van der Waals surface area contributed by atoms with E-state index in [0.29, 0.717) is 37.5 Å². The first-order valence-corrected chi connectivity index (χ1v) is 11.2. The number of hydrogen-bond acceptors (Lipinski definition) is 6. The topological polar surface area (TPSA) is 85.3 Å². The Morgan fingerprint density at radius 1 is 1.18 bits per heavy atom. The van der Waals surface area contributed by atoms with Crippen LogP contribution in [0.2, 0.25) is 0 Å². The third-order valence-corrected chi connectivity index (χ3v) is 5.96. The Labute approximate surface area is 193 Å². The summed E-state index contributed by atoms with van der Waals surface area (Å²) in [5, 5.41) is 11.3. The van der Waals surface area contributed by atoms with E-state index >= 15 is 0 Å². The van der Waals surface area contributed by atoms with Gasteiger partial charge in [-0.1, -0.05) is 12.1 Å². The van der Waals surface area contributed by atoms with Gasteiger partial charge in [-0.05, 0) is 61.7 Å². The molecular formula is C26H29NO6. The summed E-state index contributed by atoms with van der Waals surface area (Å²) in [5.41, 5.74) is 2.29. The summed E-state index contributed by atoms with van der Waals surface area (Å²) < 4.78 is 16.4. The minimum atomic E-state index is -0.694. The second-order valence-corrected chi connectivity index (χ2v) is 8.30. The molecule has 0 aromatic heterocycles. The van der Waals surface area contributed by atoms with Gasteiger partial charge in [0.1, 0.15) is 23.4 Å². The van der Waals surface area contributed by atoms with Crippen LogP contribution in [0.25, 0.3) is 5.76 Å². The summed E-state index contributed by atoms with van der Waals surface area (Å²) >= 11 is 0. The lowest BCUT2D eigenvalue weighted by atomic mass is 9.94. The van der Waals surface area contributed by atoms with Gasteiger partial charge >= 0.3 is 0 Å². The maximum absolute atomic E-state index is 13.1. The molecule has 2 aromatic rings. The van der Waals surface area contributed by atoms with E-state index in [1.807, 2.05) is 44.2 Å². The average Bonchev–Trinajstić information content (AvgIpc) is 3.30. The van der Waals surface area contributed by atoms with Crippen molar-refractivity contribution in [2.24, 2.45) is 0 Å². The molecule has 2 atom stereocenters. The Morgan fingerprint density at radius 2 is 1.94 bits per heavy atom. The minimum Gasteiger partial charge on any atom is -0.507 e. The molecule has 0 radical (unpaired) electrons. The largest absolute Gasteiger partial charge is 0.507 e. The fourth-order valence-electron chi connectivity index (χ4n) is 4.47. The van der Waals surface area contributed by atoms with Crippen LogP contribution in [0.1, 0.15) is 43.0 Å². The van der Waals surface area contributed by atoms with E-state index in [0.717, 1.165) is 23.3 Å². The first-order valence-electron chi connectivity index (χ1n) is 11.2. The molecule has 7 heteroatoms. The molecule has 174 valence electrons. The number of ether oxygens (including phenoxy) is 3. The smallest absolute Gasteiger partial charge is 0.295 e. The number of rotatable bonds is 8. The zero-order valence-corrected chi connectivity index (χ0v) is 19.2. The summed E-state index contributed by atoms with van der Waals surface area (Å²) in [5.74, 6) is -0.00476. The summed E-state index contributed by atoms with van der Waals surface area (Å²) in [6, 6.07) is 11.9. The van der Waals surface area contributed by atoms with E-state index in [1.165, 1.54) is 4.90 Å². The van der Waals surface area contributed by atoms with Crippen LogP contribution in [0.15, 0.2) is 48.0 Å². The lowest BCUT2D eigenvalue weighted by molar-refractivity contribution is -0.140. The normalized spacial score (nSPS) is 21.2. The number of Topliss-reactive ketones (excluding diaryl/α,β-unsaturated/α-hetero) is 1. The predicted molar refractivity (Wildman–Crippen MR) is 123 cm³/mol. The quantitative estimate of drug-likeness (QED) is 0.284. The molecule has 2 aliphatic rings. The summed E-state index contributed by atoms with van der Waals surface area (Å²) in [7, 11) is 1.59. The molecule has 0 spiro atoms. The molecule has 33 heavy (non-hydrogen) atoms. The van der Waals surface area contributed by atoms with Crippen LogP contribution in [0.4, 0.5) is 0 Å². The maximum atomic E-state index is 13.1. The zero-order valence-electron chi connectivity index (χ0n) is 19.2. The van der Waals surface area contributed by atoms with Crippen LogP contribution in [0, 0.1) is 0 Å². The first kappa shape index (κ1) is 22.9. The number of aliphatic hydroxyl groups is 1. The van der Waals surface area contributed by atoms with Gasteiger partial charge in [-0.3, -0.25) is 9.59 Å². The van der Waals surface area contributed by atoms with Crippen LogP contribution in [-0.4, -0.2) is 54.7 Å². The molecular weight excluding hydrogens is 422 g/mol. The second-order valence-electron chi connectivity index (χ2n) is 8.30. The molecule has 7 nitrogen and oxygen atoms in total. The molecule has 2 aliphatic heterocycles. The van der Waals surface area contributed by atoms with Crippen LogP contribution in [-0.2, 0) is 20.7 Å². The molecule has 1 saturated heterocycles. The minimum absolute atomic E-state index is 0.0626. The van der Waals surface area contributed by atoms with E-state index in [4.69, 9.17) is 14.2 Å². The van der Waals surface area contributed by atoms with Crippen molar-refractivity contribution in [2.75, 3.05) is 26.9 Å². The fraction of sp³-hybridized carbons (Fsp3) is 0.385. The van der Waals surface area contributed by atoms with Crippen molar-refractivity contribution in [3.63, 3.8) is 0 Å². The number of nitrogens with zero attached hydrogens (tertiary/aromatic N) is 1.